The predicted octanol–water partition coefficient (Wildman–Crippen LogP) is 3.97. The first-order chi connectivity index (χ1) is 11.6. The molecule has 0 spiro atoms. The fourth-order valence-corrected chi connectivity index (χ4v) is 2.46. The van der Waals surface area contributed by atoms with E-state index >= 15 is 0 Å². The van der Waals surface area contributed by atoms with Gasteiger partial charge in [0.15, 0.2) is 5.69 Å². The second-order valence-corrected chi connectivity index (χ2v) is 5.72. The Balaban J connectivity index is 1.88. The second kappa shape index (κ2) is 6.74. The Kier molecular flexibility index (Phi) is 4.51. The molecule has 0 bridgehead atoms. The molecule has 0 saturated heterocycles. The highest BCUT2D eigenvalue weighted by molar-refractivity contribution is 5.88. The highest BCUT2D eigenvalue weighted by atomic mass is 16.5. The Bertz CT molecular complexity index is 851. The van der Waals surface area contributed by atoms with Crippen molar-refractivity contribution in [2.24, 2.45) is 0 Å². The molecule has 0 saturated carbocycles. The Labute approximate surface area is 140 Å². The fourth-order valence-electron chi connectivity index (χ4n) is 2.46. The van der Waals surface area contributed by atoms with Gasteiger partial charge in [-0.05, 0) is 56.2 Å². The van der Waals surface area contributed by atoms with Gasteiger partial charge in [-0.2, -0.15) is 0 Å². The number of rotatable bonds is 5. The van der Waals surface area contributed by atoms with Gasteiger partial charge < -0.3 is 13.9 Å². The summed E-state index contributed by atoms with van der Waals surface area (Å²) in [6.07, 6.45) is 3.79. The molecule has 1 aromatic carbocycles. The van der Waals surface area contributed by atoms with E-state index in [-0.39, 0.29) is 6.10 Å². The number of aromatic nitrogens is 2. The molecule has 0 amide bonds. The number of hydrogen-bond donors (Lipinski definition) is 0. The number of fused-ring (bicyclic) bond motifs is 1. The molecule has 5 nitrogen and oxygen atoms in total. The second-order valence-electron chi connectivity index (χ2n) is 5.72. The van der Waals surface area contributed by atoms with Gasteiger partial charge in [0.05, 0.1) is 12.7 Å². The Hall–Kier alpha value is -2.82. The van der Waals surface area contributed by atoms with Gasteiger partial charge in [-0.25, -0.2) is 9.78 Å². The molecule has 0 unspecified atom stereocenters. The molecule has 3 rings (SSSR count). The minimum Gasteiger partial charge on any atom is -0.491 e. The van der Waals surface area contributed by atoms with Crippen LogP contribution in [0.5, 0.6) is 5.75 Å². The molecular weight excluding hydrogens is 304 g/mol. The van der Waals surface area contributed by atoms with Crippen LogP contribution in [0.3, 0.4) is 0 Å². The van der Waals surface area contributed by atoms with Gasteiger partial charge in [-0.1, -0.05) is 12.1 Å². The fraction of sp³-hybridized carbons (Fsp3) is 0.263. The minimum absolute atomic E-state index is 0.152. The first-order valence-corrected chi connectivity index (χ1v) is 8.00. The standard InChI is InChI=1S/C19H20N2O3/c1-4-23-19(22)17-12-21-11-15(7-10-18(21)20-17)14-5-8-16(9-6-14)24-13(2)3/h5-13H,4H2,1-3H3. The summed E-state index contributed by atoms with van der Waals surface area (Å²) in [4.78, 5) is 16.1. The van der Waals surface area contributed by atoms with E-state index < -0.39 is 5.97 Å². The summed E-state index contributed by atoms with van der Waals surface area (Å²) in [5.41, 5.74) is 3.13. The molecule has 0 aliphatic rings. The normalized spacial score (nSPS) is 11.0. The number of esters is 1. The van der Waals surface area contributed by atoms with Crippen LogP contribution in [0.15, 0.2) is 48.8 Å². The predicted molar refractivity (Wildman–Crippen MR) is 92.3 cm³/mol. The monoisotopic (exact) mass is 324 g/mol. The van der Waals surface area contributed by atoms with E-state index in [1.165, 1.54) is 0 Å². The van der Waals surface area contributed by atoms with Crippen LogP contribution in [0.25, 0.3) is 16.8 Å². The van der Waals surface area contributed by atoms with Crippen LogP contribution in [-0.2, 0) is 4.74 Å². The van der Waals surface area contributed by atoms with E-state index in [1.54, 1.807) is 13.1 Å². The van der Waals surface area contributed by atoms with Gasteiger partial charge in [0, 0.05) is 12.4 Å². The maximum absolute atomic E-state index is 11.8. The topological polar surface area (TPSA) is 52.8 Å². The average Bonchev–Trinajstić information content (AvgIpc) is 2.98. The Morgan fingerprint density at radius 2 is 1.79 bits per heavy atom. The molecule has 0 N–H and O–H groups in total. The van der Waals surface area contributed by atoms with E-state index in [0.717, 1.165) is 16.9 Å². The maximum atomic E-state index is 11.8. The van der Waals surface area contributed by atoms with Crippen molar-refractivity contribution in [1.82, 2.24) is 9.38 Å². The van der Waals surface area contributed by atoms with Gasteiger partial charge in [-0.15, -0.1) is 0 Å². The number of carbonyl (C=O) groups is 1. The third-order valence-corrected chi connectivity index (χ3v) is 3.50. The zero-order valence-electron chi connectivity index (χ0n) is 14.0. The third-order valence-electron chi connectivity index (χ3n) is 3.50. The highest BCUT2D eigenvalue weighted by Gasteiger charge is 2.12. The van der Waals surface area contributed by atoms with Gasteiger partial charge >= 0.3 is 5.97 Å². The van der Waals surface area contributed by atoms with Crippen molar-refractivity contribution in [3.8, 4) is 16.9 Å². The molecule has 124 valence electrons. The molecule has 5 heteroatoms. The Morgan fingerprint density at radius 3 is 2.46 bits per heavy atom. The van der Waals surface area contributed by atoms with E-state index in [2.05, 4.69) is 4.98 Å². The molecule has 0 radical (unpaired) electrons. The van der Waals surface area contributed by atoms with Gasteiger partial charge in [0.25, 0.3) is 0 Å². The number of imidazole rings is 1. The quantitative estimate of drug-likeness (QED) is 0.667. The van der Waals surface area contributed by atoms with E-state index in [0.29, 0.717) is 17.9 Å². The van der Waals surface area contributed by atoms with Crippen molar-refractivity contribution in [2.45, 2.75) is 26.9 Å². The van der Waals surface area contributed by atoms with Crippen molar-refractivity contribution in [3.63, 3.8) is 0 Å². The van der Waals surface area contributed by atoms with Crippen LogP contribution in [0.1, 0.15) is 31.3 Å². The van der Waals surface area contributed by atoms with Crippen LogP contribution < -0.4 is 4.74 Å². The highest BCUT2D eigenvalue weighted by Crippen LogP contribution is 2.23. The summed E-state index contributed by atoms with van der Waals surface area (Å²) >= 11 is 0. The van der Waals surface area contributed by atoms with E-state index in [9.17, 15) is 4.79 Å². The molecule has 0 fully saturated rings. The summed E-state index contributed by atoms with van der Waals surface area (Å²) in [6.45, 7) is 6.12. The summed E-state index contributed by atoms with van der Waals surface area (Å²) in [5, 5.41) is 0. The van der Waals surface area contributed by atoms with Crippen LogP contribution in [-0.4, -0.2) is 28.1 Å². The number of hydrogen-bond acceptors (Lipinski definition) is 4. The molecule has 2 aromatic heterocycles. The largest absolute Gasteiger partial charge is 0.491 e. The lowest BCUT2D eigenvalue weighted by atomic mass is 10.1. The lowest BCUT2D eigenvalue weighted by Gasteiger charge is -2.10. The van der Waals surface area contributed by atoms with Crippen LogP contribution in [0.4, 0.5) is 0 Å². The van der Waals surface area contributed by atoms with Crippen molar-refractivity contribution >= 4 is 11.6 Å². The SMILES string of the molecule is CCOC(=O)c1cn2cc(-c3ccc(OC(C)C)cc3)ccc2n1. The average molecular weight is 324 g/mol. The molecule has 2 heterocycles. The number of carbonyl (C=O) groups excluding carboxylic acids is 1. The van der Waals surface area contributed by atoms with Crippen molar-refractivity contribution < 1.29 is 14.3 Å². The number of nitrogens with zero attached hydrogens (tertiary/aromatic N) is 2. The zero-order chi connectivity index (χ0) is 17.1. The van der Waals surface area contributed by atoms with E-state index in [1.807, 2.05) is 60.8 Å². The number of ether oxygens (including phenoxy) is 2. The lowest BCUT2D eigenvalue weighted by Crippen LogP contribution is -2.05. The van der Waals surface area contributed by atoms with Crippen molar-refractivity contribution in [2.75, 3.05) is 6.61 Å². The number of pyridine rings is 1. The lowest BCUT2D eigenvalue weighted by molar-refractivity contribution is 0.0520. The van der Waals surface area contributed by atoms with Gasteiger partial charge in [-0.3, -0.25) is 0 Å². The molecule has 24 heavy (non-hydrogen) atoms. The van der Waals surface area contributed by atoms with Crippen LogP contribution >= 0.6 is 0 Å². The van der Waals surface area contributed by atoms with Crippen LogP contribution in [0.2, 0.25) is 0 Å². The smallest absolute Gasteiger partial charge is 0.358 e. The van der Waals surface area contributed by atoms with Gasteiger partial charge in [0.1, 0.15) is 11.4 Å². The molecule has 0 aliphatic heterocycles. The maximum Gasteiger partial charge on any atom is 0.358 e. The summed E-state index contributed by atoms with van der Waals surface area (Å²) in [5.74, 6) is 0.444. The molecule has 0 atom stereocenters. The first kappa shape index (κ1) is 16.1. The van der Waals surface area contributed by atoms with Crippen LogP contribution in [0, 0.1) is 0 Å². The van der Waals surface area contributed by atoms with Gasteiger partial charge in [0.2, 0.25) is 0 Å². The summed E-state index contributed by atoms with van der Waals surface area (Å²) in [6, 6.07) is 11.8. The first-order valence-electron chi connectivity index (χ1n) is 8.00. The third kappa shape index (κ3) is 3.40. The van der Waals surface area contributed by atoms with E-state index in [4.69, 9.17) is 9.47 Å². The molecule has 0 aliphatic carbocycles. The molecule has 3 aromatic rings. The van der Waals surface area contributed by atoms with Crippen molar-refractivity contribution in [3.05, 3.63) is 54.5 Å². The van der Waals surface area contributed by atoms with Crippen molar-refractivity contribution in [1.29, 1.82) is 0 Å². The number of benzene rings is 1. The summed E-state index contributed by atoms with van der Waals surface area (Å²) in [7, 11) is 0. The zero-order valence-corrected chi connectivity index (χ0v) is 14.0. The minimum atomic E-state index is -0.405. The Morgan fingerprint density at radius 1 is 1.08 bits per heavy atom. The molecular formula is C19H20N2O3. The summed E-state index contributed by atoms with van der Waals surface area (Å²) < 4.78 is 12.5.